The Kier molecular flexibility index (Phi) is 7.00. The van der Waals surface area contributed by atoms with Gasteiger partial charge < -0.3 is 15.2 Å². The molecule has 2 atom stereocenters. The van der Waals surface area contributed by atoms with Crippen molar-refractivity contribution < 1.29 is 9.84 Å². The highest BCUT2D eigenvalue weighted by molar-refractivity contribution is 6.34. The van der Waals surface area contributed by atoms with Gasteiger partial charge >= 0.3 is 0 Å². The highest BCUT2D eigenvalue weighted by Gasteiger charge is 2.11. The van der Waals surface area contributed by atoms with Crippen molar-refractivity contribution >= 4 is 34.8 Å². The Labute approximate surface area is 151 Å². The molecule has 0 heterocycles. The SMILES string of the molecule is C[C@@H](NC[C@@H](O)COc1cc(Cl)ccc1Cl)c1cccc(Cl)c1. The predicted molar refractivity (Wildman–Crippen MR) is 95.8 cm³/mol. The van der Waals surface area contributed by atoms with Gasteiger partial charge in [0.25, 0.3) is 0 Å². The summed E-state index contributed by atoms with van der Waals surface area (Å²) in [4.78, 5) is 0. The van der Waals surface area contributed by atoms with Crippen LogP contribution in [0.2, 0.25) is 15.1 Å². The van der Waals surface area contributed by atoms with E-state index in [1.807, 2.05) is 31.2 Å². The Hall–Kier alpha value is -0.970. The van der Waals surface area contributed by atoms with Crippen molar-refractivity contribution in [1.29, 1.82) is 0 Å². The van der Waals surface area contributed by atoms with Crippen molar-refractivity contribution in [3.05, 3.63) is 63.1 Å². The molecule has 0 radical (unpaired) electrons. The van der Waals surface area contributed by atoms with Gasteiger partial charge in [-0.25, -0.2) is 0 Å². The second-order valence-corrected chi connectivity index (χ2v) is 6.50. The summed E-state index contributed by atoms with van der Waals surface area (Å²) in [5.74, 6) is 0.459. The molecule has 0 unspecified atom stereocenters. The van der Waals surface area contributed by atoms with Crippen LogP contribution in [0.4, 0.5) is 0 Å². The predicted octanol–water partition coefficient (Wildman–Crippen LogP) is 4.74. The lowest BCUT2D eigenvalue weighted by Gasteiger charge is -2.18. The van der Waals surface area contributed by atoms with Crippen molar-refractivity contribution in [3.8, 4) is 5.75 Å². The summed E-state index contributed by atoms with van der Waals surface area (Å²) in [6.45, 7) is 2.51. The molecule has 124 valence electrons. The molecule has 0 aliphatic heterocycles. The zero-order valence-electron chi connectivity index (χ0n) is 12.6. The van der Waals surface area contributed by atoms with E-state index in [1.165, 1.54) is 0 Å². The average molecular weight is 375 g/mol. The van der Waals surface area contributed by atoms with Crippen LogP contribution in [0.1, 0.15) is 18.5 Å². The number of hydrogen-bond acceptors (Lipinski definition) is 3. The van der Waals surface area contributed by atoms with Crippen LogP contribution in [-0.2, 0) is 0 Å². The maximum Gasteiger partial charge on any atom is 0.139 e. The molecule has 2 rings (SSSR count). The number of aliphatic hydroxyl groups is 1. The molecular weight excluding hydrogens is 357 g/mol. The molecule has 0 amide bonds. The van der Waals surface area contributed by atoms with Gasteiger partial charge in [-0.3, -0.25) is 0 Å². The molecule has 0 aliphatic carbocycles. The Balaban J connectivity index is 1.81. The first kappa shape index (κ1) is 18.4. The molecule has 0 saturated carbocycles. The number of hydrogen-bond donors (Lipinski definition) is 2. The van der Waals surface area contributed by atoms with Crippen LogP contribution >= 0.6 is 34.8 Å². The lowest BCUT2D eigenvalue weighted by Crippen LogP contribution is -2.33. The van der Waals surface area contributed by atoms with E-state index in [9.17, 15) is 5.11 Å². The van der Waals surface area contributed by atoms with E-state index in [0.29, 0.717) is 27.4 Å². The summed E-state index contributed by atoms with van der Waals surface area (Å²) in [7, 11) is 0. The first-order valence-corrected chi connectivity index (χ1v) is 8.34. The van der Waals surface area contributed by atoms with Crippen LogP contribution in [0.5, 0.6) is 5.75 Å². The molecule has 3 nitrogen and oxygen atoms in total. The third-order valence-electron chi connectivity index (χ3n) is 3.33. The first-order chi connectivity index (χ1) is 11.0. The van der Waals surface area contributed by atoms with Gasteiger partial charge in [0, 0.05) is 28.7 Å². The fourth-order valence-electron chi connectivity index (χ4n) is 2.04. The highest BCUT2D eigenvalue weighted by atomic mass is 35.5. The molecule has 0 fully saturated rings. The zero-order chi connectivity index (χ0) is 16.8. The summed E-state index contributed by atoms with van der Waals surface area (Å²) in [6, 6.07) is 12.6. The van der Waals surface area contributed by atoms with Crippen LogP contribution in [-0.4, -0.2) is 24.4 Å². The molecule has 0 bridgehead atoms. The molecule has 2 aromatic rings. The van der Waals surface area contributed by atoms with Crippen LogP contribution in [0, 0.1) is 0 Å². The molecular formula is C17H18Cl3NO2. The third kappa shape index (κ3) is 5.87. The van der Waals surface area contributed by atoms with Crippen LogP contribution < -0.4 is 10.1 Å². The number of rotatable bonds is 7. The van der Waals surface area contributed by atoms with Gasteiger partial charge in [0.1, 0.15) is 18.5 Å². The van der Waals surface area contributed by atoms with E-state index in [1.54, 1.807) is 18.2 Å². The molecule has 2 aromatic carbocycles. The van der Waals surface area contributed by atoms with Crippen molar-refractivity contribution in [2.45, 2.75) is 19.1 Å². The smallest absolute Gasteiger partial charge is 0.139 e. The largest absolute Gasteiger partial charge is 0.489 e. The monoisotopic (exact) mass is 373 g/mol. The second kappa shape index (κ2) is 8.76. The average Bonchev–Trinajstić information content (AvgIpc) is 2.53. The van der Waals surface area contributed by atoms with Gasteiger partial charge in [-0.2, -0.15) is 0 Å². The molecule has 2 N–H and O–H groups in total. The molecule has 0 spiro atoms. The van der Waals surface area contributed by atoms with E-state index < -0.39 is 6.10 Å². The van der Waals surface area contributed by atoms with E-state index >= 15 is 0 Å². The fraction of sp³-hybridized carbons (Fsp3) is 0.294. The molecule has 6 heteroatoms. The Morgan fingerprint density at radius 1 is 1.09 bits per heavy atom. The lowest BCUT2D eigenvalue weighted by atomic mass is 10.1. The lowest BCUT2D eigenvalue weighted by molar-refractivity contribution is 0.104. The normalized spacial score (nSPS) is 13.6. The van der Waals surface area contributed by atoms with Crippen molar-refractivity contribution in [3.63, 3.8) is 0 Å². The van der Waals surface area contributed by atoms with Crippen LogP contribution in [0.15, 0.2) is 42.5 Å². The standard InChI is InChI=1S/C17H18Cl3NO2/c1-11(12-3-2-4-13(18)7-12)21-9-15(22)10-23-17-8-14(19)5-6-16(17)20/h2-8,11,15,21-22H,9-10H2,1H3/t11-,15-/m1/s1. The Morgan fingerprint density at radius 3 is 2.57 bits per heavy atom. The molecule has 23 heavy (non-hydrogen) atoms. The van der Waals surface area contributed by atoms with Gasteiger partial charge in [0.05, 0.1) is 5.02 Å². The quantitative estimate of drug-likeness (QED) is 0.735. The minimum atomic E-state index is -0.674. The fourth-order valence-corrected chi connectivity index (χ4v) is 2.57. The summed E-state index contributed by atoms with van der Waals surface area (Å²) in [5, 5.41) is 15.0. The minimum Gasteiger partial charge on any atom is -0.489 e. The van der Waals surface area contributed by atoms with Gasteiger partial charge in [-0.1, -0.05) is 46.9 Å². The van der Waals surface area contributed by atoms with E-state index in [-0.39, 0.29) is 12.6 Å². The van der Waals surface area contributed by atoms with Gasteiger partial charge in [0.2, 0.25) is 0 Å². The second-order valence-electron chi connectivity index (χ2n) is 5.22. The minimum absolute atomic E-state index is 0.0677. The van der Waals surface area contributed by atoms with Gasteiger partial charge in [-0.05, 0) is 36.8 Å². The van der Waals surface area contributed by atoms with E-state index in [4.69, 9.17) is 39.5 Å². The topological polar surface area (TPSA) is 41.5 Å². The zero-order valence-corrected chi connectivity index (χ0v) is 14.9. The number of aliphatic hydroxyl groups excluding tert-OH is 1. The number of benzene rings is 2. The molecule has 0 aromatic heterocycles. The number of halogens is 3. The van der Waals surface area contributed by atoms with Crippen molar-refractivity contribution in [2.24, 2.45) is 0 Å². The maximum absolute atomic E-state index is 10.0. The maximum atomic E-state index is 10.0. The Bertz CT molecular complexity index is 651. The van der Waals surface area contributed by atoms with E-state index in [2.05, 4.69) is 5.32 Å². The summed E-state index contributed by atoms with van der Waals surface area (Å²) >= 11 is 17.9. The van der Waals surface area contributed by atoms with Crippen LogP contribution in [0.25, 0.3) is 0 Å². The van der Waals surface area contributed by atoms with Crippen molar-refractivity contribution in [1.82, 2.24) is 5.32 Å². The van der Waals surface area contributed by atoms with Crippen LogP contribution in [0.3, 0.4) is 0 Å². The van der Waals surface area contributed by atoms with E-state index in [0.717, 1.165) is 5.56 Å². The number of nitrogens with one attached hydrogen (secondary N) is 1. The molecule has 0 aliphatic rings. The third-order valence-corrected chi connectivity index (χ3v) is 4.12. The van der Waals surface area contributed by atoms with Gasteiger partial charge in [0.15, 0.2) is 0 Å². The summed E-state index contributed by atoms with van der Waals surface area (Å²) in [6.07, 6.45) is -0.674. The molecule has 0 saturated heterocycles. The van der Waals surface area contributed by atoms with Gasteiger partial charge in [-0.15, -0.1) is 0 Å². The van der Waals surface area contributed by atoms with Crippen molar-refractivity contribution in [2.75, 3.05) is 13.2 Å². The summed E-state index contributed by atoms with van der Waals surface area (Å²) < 4.78 is 5.51. The summed E-state index contributed by atoms with van der Waals surface area (Å²) in [5.41, 5.74) is 1.06. The number of ether oxygens (including phenoxy) is 1. The first-order valence-electron chi connectivity index (χ1n) is 7.20. The highest BCUT2D eigenvalue weighted by Crippen LogP contribution is 2.27. The Morgan fingerprint density at radius 2 is 1.83 bits per heavy atom.